The predicted octanol–water partition coefficient (Wildman–Crippen LogP) is 3.68. The molecule has 1 aromatic heterocycles. The maximum absolute atomic E-state index is 9.54. The molecule has 4 rings (SSSR count). The maximum Gasteiger partial charge on any atom is 0.488 e. The lowest BCUT2D eigenvalue weighted by Crippen LogP contribution is -2.34. The van der Waals surface area contributed by atoms with E-state index < -0.39 is 7.12 Å². The van der Waals surface area contributed by atoms with Gasteiger partial charge in [-0.3, -0.25) is 0 Å². The zero-order valence-corrected chi connectivity index (χ0v) is 18.7. The molecule has 2 unspecified atom stereocenters. The molecule has 0 radical (unpaired) electrons. The van der Waals surface area contributed by atoms with E-state index in [9.17, 15) is 10.0 Å². The van der Waals surface area contributed by atoms with Crippen molar-refractivity contribution in [1.29, 1.82) is 0 Å². The summed E-state index contributed by atoms with van der Waals surface area (Å²) in [6.07, 6.45) is 4.00. The van der Waals surface area contributed by atoms with Gasteiger partial charge in [-0.2, -0.15) is 0 Å². The lowest BCUT2D eigenvalue weighted by atomic mass is 9.77. The third kappa shape index (κ3) is 5.67. The molecular formula is C25H30BNO5. The van der Waals surface area contributed by atoms with Crippen LogP contribution >= 0.6 is 0 Å². The van der Waals surface area contributed by atoms with Gasteiger partial charge in [0.1, 0.15) is 11.5 Å². The van der Waals surface area contributed by atoms with Crippen LogP contribution in [-0.2, 0) is 22.7 Å². The topological polar surface area (TPSA) is 85.0 Å². The van der Waals surface area contributed by atoms with E-state index in [0.717, 1.165) is 48.3 Å². The Hall–Kier alpha value is -2.45. The van der Waals surface area contributed by atoms with Crippen molar-refractivity contribution < 1.29 is 23.9 Å². The van der Waals surface area contributed by atoms with Gasteiger partial charge in [0.15, 0.2) is 0 Å². The lowest BCUT2D eigenvalue weighted by Gasteiger charge is -2.29. The van der Waals surface area contributed by atoms with Crippen molar-refractivity contribution in [2.24, 2.45) is 0 Å². The van der Waals surface area contributed by atoms with Crippen molar-refractivity contribution in [1.82, 2.24) is 4.98 Å². The van der Waals surface area contributed by atoms with Crippen LogP contribution in [0.15, 0.2) is 52.9 Å². The Bertz CT molecular complexity index is 1030. The summed E-state index contributed by atoms with van der Waals surface area (Å²) in [7, 11) is -1.49. The van der Waals surface area contributed by atoms with Gasteiger partial charge in [-0.25, -0.2) is 4.98 Å². The number of nitrogens with zero attached hydrogens (tertiary/aromatic N) is 1. The predicted molar refractivity (Wildman–Crippen MR) is 123 cm³/mol. The minimum atomic E-state index is -1.49. The SMILES string of the molecule is Cc1cccc(-c2nc(COC3CCCC(OCc4ccccc4B(O)O)C3)c(C)o2)c1. The average Bonchev–Trinajstić information content (AvgIpc) is 3.17. The Morgan fingerprint density at radius 3 is 2.50 bits per heavy atom. The zero-order chi connectivity index (χ0) is 22.5. The minimum absolute atomic E-state index is 0.0823. The van der Waals surface area contributed by atoms with E-state index in [1.54, 1.807) is 12.1 Å². The van der Waals surface area contributed by atoms with Gasteiger partial charge in [0.05, 0.1) is 25.4 Å². The Balaban J connectivity index is 1.31. The van der Waals surface area contributed by atoms with Crippen LogP contribution in [0.25, 0.3) is 11.5 Å². The Morgan fingerprint density at radius 2 is 1.75 bits per heavy atom. The van der Waals surface area contributed by atoms with Crippen LogP contribution in [0, 0.1) is 13.8 Å². The van der Waals surface area contributed by atoms with E-state index in [2.05, 4.69) is 24.0 Å². The monoisotopic (exact) mass is 435 g/mol. The van der Waals surface area contributed by atoms with Crippen molar-refractivity contribution in [2.45, 2.75) is 65.0 Å². The summed E-state index contributed by atoms with van der Waals surface area (Å²) in [4.78, 5) is 4.66. The lowest BCUT2D eigenvalue weighted by molar-refractivity contribution is -0.0561. The van der Waals surface area contributed by atoms with E-state index in [1.165, 1.54) is 5.56 Å². The van der Waals surface area contributed by atoms with Crippen molar-refractivity contribution in [3.05, 3.63) is 71.1 Å². The molecule has 0 amide bonds. The van der Waals surface area contributed by atoms with Crippen LogP contribution < -0.4 is 5.46 Å². The molecular weight excluding hydrogens is 405 g/mol. The zero-order valence-electron chi connectivity index (χ0n) is 18.7. The van der Waals surface area contributed by atoms with E-state index in [1.807, 2.05) is 31.2 Å². The molecule has 1 heterocycles. The highest BCUT2D eigenvalue weighted by Crippen LogP contribution is 2.27. The fourth-order valence-corrected chi connectivity index (χ4v) is 4.19. The molecule has 0 saturated heterocycles. The fraction of sp³-hybridized carbons (Fsp3) is 0.400. The average molecular weight is 435 g/mol. The molecule has 1 saturated carbocycles. The first kappa shape index (κ1) is 22.7. The van der Waals surface area contributed by atoms with Crippen molar-refractivity contribution in [2.75, 3.05) is 0 Å². The third-order valence-electron chi connectivity index (χ3n) is 6.00. The number of aromatic nitrogens is 1. The van der Waals surface area contributed by atoms with E-state index >= 15 is 0 Å². The van der Waals surface area contributed by atoms with Gasteiger partial charge in [0.2, 0.25) is 5.89 Å². The van der Waals surface area contributed by atoms with Crippen molar-refractivity contribution in [3.8, 4) is 11.5 Å². The molecule has 2 atom stereocenters. The van der Waals surface area contributed by atoms with Crippen LogP contribution in [0.2, 0.25) is 0 Å². The third-order valence-corrected chi connectivity index (χ3v) is 6.00. The molecule has 2 aromatic carbocycles. The molecule has 168 valence electrons. The molecule has 0 aliphatic heterocycles. The summed E-state index contributed by atoms with van der Waals surface area (Å²) in [5.41, 5.74) is 4.25. The number of oxazole rings is 1. The second kappa shape index (κ2) is 10.4. The van der Waals surface area contributed by atoms with Crippen LogP contribution in [0.4, 0.5) is 0 Å². The van der Waals surface area contributed by atoms with Crippen LogP contribution in [0.5, 0.6) is 0 Å². The number of aryl methyl sites for hydroxylation is 2. The molecule has 6 nitrogen and oxygen atoms in total. The number of rotatable bonds is 8. The highest BCUT2D eigenvalue weighted by atomic mass is 16.5. The summed E-state index contributed by atoms with van der Waals surface area (Å²) in [5.74, 6) is 1.41. The summed E-state index contributed by atoms with van der Waals surface area (Å²) in [5, 5.41) is 19.1. The number of hydrogen-bond acceptors (Lipinski definition) is 6. The quantitative estimate of drug-likeness (QED) is 0.525. The van der Waals surface area contributed by atoms with Gasteiger partial charge in [-0.15, -0.1) is 0 Å². The second-order valence-electron chi connectivity index (χ2n) is 8.50. The van der Waals surface area contributed by atoms with Crippen LogP contribution in [-0.4, -0.2) is 34.4 Å². The summed E-state index contributed by atoms with van der Waals surface area (Å²) in [6.45, 7) is 4.74. The molecule has 3 aromatic rings. The van der Waals surface area contributed by atoms with Gasteiger partial charge < -0.3 is 23.9 Å². The maximum atomic E-state index is 9.54. The first-order chi connectivity index (χ1) is 15.5. The molecule has 2 N–H and O–H groups in total. The number of ether oxygens (including phenoxy) is 2. The highest BCUT2D eigenvalue weighted by molar-refractivity contribution is 6.59. The summed E-state index contributed by atoms with van der Waals surface area (Å²) >= 11 is 0. The molecule has 7 heteroatoms. The smallest absolute Gasteiger partial charge is 0.441 e. The standard InChI is InChI=1S/C25H30BNO5/c1-17-7-5-9-19(13-17)25-27-24(18(2)32-25)16-31-22-11-6-10-21(14-22)30-15-20-8-3-4-12-23(20)26(28)29/h3-5,7-9,12-13,21-22,28-29H,6,10-11,14-16H2,1-2H3. The largest absolute Gasteiger partial charge is 0.488 e. The van der Waals surface area contributed by atoms with Gasteiger partial charge in [0.25, 0.3) is 0 Å². The van der Waals surface area contributed by atoms with Crippen LogP contribution in [0.3, 0.4) is 0 Å². The van der Waals surface area contributed by atoms with E-state index in [-0.39, 0.29) is 12.2 Å². The van der Waals surface area contributed by atoms with E-state index in [4.69, 9.17) is 13.9 Å². The Labute approximate surface area is 189 Å². The molecule has 0 spiro atoms. The Morgan fingerprint density at radius 1 is 1.00 bits per heavy atom. The molecule has 1 fully saturated rings. The highest BCUT2D eigenvalue weighted by Gasteiger charge is 2.25. The van der Waals surface area contributed by atoms with Crippen LogP contribution in [0.1, 0.15) is 48.3 Å². The summed E-state index contributed by atoms with van der Waals surface area (Å²) in [6, 6.07) is 15.4. The normalized spacial score (nSPS) is 18.6. The molecule has 32 heavy (non-hydrogen) atoms. The van der Waals surface area contributed by atoms with Gasteiger partial charge in [0, 0.05) is 5.56 Å². The molecule has 0 bridgehead atoms. The number of benzene rings is 2. The number of hydrogen-bond donors (Lipinski definition) is 2. The van der Waals surface area contributed by atoms with Crippen molar-refractivity contribution >= 4 is 12.6 Å². The molecule has 1 aliphatic carbocycles. The molecule has 1 aliphatic rings. The fourth-order valence-electron chi connectivity index (χ4n) is 4.19. The van der Waals surface area contributed by atoms with Gasteiger partial charge in [-0.05, 0) is 62.7 Å². The van der Waals surface area contributed by atoms with Gasteiger partial charge in [-0.1, -0.05) is 42.0 Å². The first-order valence-corrected chi connectivity index (χ1v) is 11.2. The summed E-state index contributed by atoms with van der Waals surface area (Å²) < 4.78 is 18.2. The minimum Gasteiger partial charge on any atom is -0.441 e. The van der Waals surface area contributed by atoms with Crippen molar-refractivity contribution in [3.63, 3.8) is 0 Å². The second-order valence-corrected chi connectivity index (χ2v) is 8.50. The first-order valence-electron chi connectivity index (χ1n) is 11.2. The Kier molecular flexibility index (Phi) is 7.42. The van der Waals surface area contributed by atoms with E-state index in [0.29, 0.717) is 24.6 Å². The van der Waals surface area contributed by atoms with Gasteiger partial charge >= 0.3 is 7.12 Å².